The third-order valence-electron chi connectivity index (χ3n) is 5.26. The second-order valence-corrected chi connectivity index (χ2v) is 7.87. The van der Waals surface area contributed by atoms with Crippen LogP contribution in [0.3, 0.4) is 0 Å². The monoisotopic (exact) mass is 485 g/mol. The average Bonchev–Trinajstić information content (AvgIpc) is 2.90. The molecule has 184 valence electrons. The maximum absolute atomic E-state index is 12.5. The van der Waals surface area contributed by atoms with Crippen LogP contribution in [0.1, 0.15) is 30.0 Å². The standard InChI is InChI=1S/C28H27N3O5/c1-2-35-27-18-23(12-15-26(27)36-20-22-10-13-25(14-11-22)31(33)34)17-24(19-29)28(32)30-16-6-9-21-7-4-3-5-8-21/h3-5,7-8,10-15,17-18H,2,6,9,16,20H2,1H3,(H,30,32)/b24-17-. The largest absolute Gasteiger partial charge is 0.490 e. The molecule has 0 fully saturated rings. The van der Waals surface area contributed by atoms with Gasteiger partial charge in [-0.05, 0) is 66.8 Å². The molecule has 36 heavy (non-hydrogen) atoms. The summed E-state index contributed by atoms with van der Waals surface area (Å²) in [4.78, 5) is 22.8. The van der Waals surface area contributed by atoms with Gasteiger partial charge in [-0.3, -0.25) is 14.9 Å². The lowest BCUT2D eigenvalue weighted by Crippen LogP contribution is -2.25. The molecule has 0 bridgehead atoms. The van der Waals surface area contributed by atoms with Crippen LogP contribution in [0.4, 0.5) is 5.69 Å². The third kappa shape index (κ3) is 7.71. The molecule has 0 atom stereocenters. The molecule has 3 aromatic rings. The zero-order valence-electron chi connectivity index (χ0n) is 20.0. The minimum atomic E-state index is -0.454. The summed E-state index contributed by atoms with van der Waals surface area (Å²) in [7, 11) is 0. The predicted molar refractivity (Wildman–Crippen MR) is 136 cm³/mol. The van der Waals surface area contributed by atoms with Crippen LogP contribution in [0.5, 0.6) is 11.5 Å². The Balaban J connectivity index is 1.62. The van der Waals surface area contributed by atoms with E-state index in [-0.39, 0.29) is 17.9 Å². The van der Waals surface area contributed by atoms with Crippen LogP contribution in [-0.4, -0.2) is 24.0 Å². The van der Waals surface area contributed by atoms with E-state index in [1.54, 1.807) is 30.3 Å². The van der Waals surface area contributed by atoms with Crippen molar-refractivity contribution in [1.29, 1.82) is 5.26 Å². The Bertz CT molecular complexity index is 1250. The maximum atomic E-state index is 12.5. The topological polar surface area (TPSA) is 114 Å². The molecule has 0 saturated carbocycles. The lowest BCUT2D eigenvalue weighted by molar-refractivity contribution is -0.384. The lowest BCUT2D eigenvalue weighted by Gasteiger charge is -2.13. The number of hydrogen-bond acceptors (Lipinski definition) is 6. The first-order valence-electron chi connectivity index (χ1n) is 11.6. The molecule has 0 radical (unpaired) electrons. The van der Waals surface area contributed by atoms with E-state index in [0.29, 0.717) is 30.2 Å². The number of carbonyl (C=O) groups is 1. The lowest BCUT2D eigenvalue weighted by atomic mass is 10.1. The minimum Gasteiger partial charge on any atom is -0.490 e. The van der Waals surface area contributed by atoms with Gasteiger partial charge in [-0.15, -0.1) is 0 Å². The Kier molecular flexibility index (Phi) is 9.60. The van der Waals surface area contributed by atoms with Crippen LogP contribution >= 0.6 is 0 Å². The fraction of sp³-hybridized carbons (Fsp3) is 0.214. The van der Waals surface area contributed by atoms with Gasteiger partial charge < -0.3 is 14.8 Å². The van der Waals surface area contributed by atoms with Gasteiger partial charge in [0.2, 0.25) is 0 Å². The molecule has 8 heteroatoms. The van der Waals surface area contributed by atoms with Crippen molar-refractivity contribution in [2.45, 2.75) is 26.4 Å². The number of nitro groups is 1. The van der Waals surface area contributed by atoms with Gasteiger partial charge in [-0.1, -0.05) is 36.4 Å². The van der Waals surface area contributed by atoms with Crippen LogP contribution < -0.4 is 14.8 Å². The van der Waals surface area contributed by atoms with E-state index in [0.717, 1.165) is 18.4 Å². The summed E-state index contributed by atoms with van der Waals surface area (Å²) in [6.45, 7) is 2.90. The molecule has 0 aromatic heterocycles. The van der Waals surface area contributed by atoms with Crippen molar-refractivity contribution in [3.8, 4) is 17.6 Å². The molecule has 1 N–H and O–H groups in total. The van der Waals surface area contributed by atoms with Gasteiger partial charge >= 0.3 is 0 Å². The van der Waals surface area contributed by atoms with Crippen molar-refractivity contribution in [2.24, 2.45) is 0 Å². The molecular weight excluding hydrogens is 458 g/mol. The molecule has 0 saturated heterocycles. The fourth-order valence-electron chi connectivity index (χ4n) is 3.43. The molecule has 0 unspecified atom stereocenters. The highest BCUT2D eigenvalue weighted by molar-refractivity contribution is 6.01. The van der Waals surface area contributed by atoms with Crippen molar-refractivity contribution in [3.05, 3.63) is 105 Å². The summed E-state index contributed by atoms with van der Waals surface area (Å²) in [5.74, 6) is 0.520. The summed E-state index contributed by atoms with van der Waals surface area (Å²) < 4.78 is 11.5. The van der Waals surface area contributed by atoms with E-state index in [1.807, 2.05) is 43.3 Å². The summed E-state index contributed by atoms with van der Waals surface area (Å²) in [5.41, 5.74) is 2.59. The number of nitro benzene ring substituents is 1. The number of amides is 1. The number of non-ortho nitro benzene ring substituents is 1. The molecular formula is C28H27N3O5. The van der Waals surface area contributed by atoms with Gasteiger partial charge in [0.1, 0.15) is 18.2 Å². The van der Waals surface area contributed by atoms with Gasteiger partial charge in [0.15, 0.2) is 11.5 Å². The Labute approximate surface area is 209 Å². The Morgan fingerprint density at radius 2 is 1.78 bits per heavy atom. The van der Waals surface area contributed by atoms with E-state index in [1.165, 1.54) is 23.8 Å². The molecule has 0 aliphatic carbocycles. The van der Waals surface area contributed by atoms with Crippen molar-refractivity contribution in [1.82, 2.24) is 5.32 Å². The number of hydrogen-bond donors (Lipinski definition) is 1. The first-order valence-corrected chi connectivity index (χ1v) is 11.6. The number of nitrogens with zero attached hydrogens (tertiary/aromatic N) is 2. The summed E-state index contributed by atoms with van der Waals surface area (Å²) in [6, 6.07) is 23.2. The Morgan fingerprint density at radius 1 is 1.03 bits per heavy atom. The Hall–Kier alpha value is -4.64. The number of ether oxygens (including phenoxy) is 2. The second kappa shape index (κ2) is 13.3. The molecule has 0 aliphatic heterocycles. The van der Waals surface area contributed by atoms with Gasteiger partial charge in [0.05, 0.1) is 11.5 Å². The molecule has 0 aliphatic rings. The SMILES string of the molecule is CCOc1cc(/C=C(/C#N)C(=O)NCCCc2ccccc2)ccc1OCc1ccc([N+](=O)[O-])cc1. The average molecular weight is 486 g/mol. The van der Waals surface area contributed by atoms with Gasteiger partial charge in [-0.2, -0.15) is 5.26 Å². The van der Waals surface area contributed by atoms with Crippen LogP contribution in [0.25, 0.3) is 6.08 Å². The number of nitrogens with one attached hydrogen (secondary N) is 1. The number of benzene rings is 3. The third-order valence-corrected chi connectivity index (χ3v) is 5.26. The normalized spacial score (nSPS) is 10.8. The van der Waals surface area contributed by atoms with Crippen molar-refractivity contribution < 1.29 is 19.2 Å². The number of nitriles is 1. The number of aryl methyl sites for hydroxylation is 1. The number of carbonyl (C=O) groups excluding carboxylic acids is 1. The van der Waals surface area contributed by atoms with E-state index >= 15 is 0 Å². The number of rotatable bonds is 12. The summed E-state index contributed by atoms with van der Waals surface area (Å²) in [5, 5.41) is 23.1. The second-order valence-electron chi connectivity index (χ2n) is 7.87. The quantitative estimate of drug-likeness (QED) is 0.124. The highest BCUT2D eigenvalue weighted by Gasteiger charge is 2.12. The Morgan fingerprint density at radius 3 is 2.44 bits per heavy atom. The van der Waals surface area contributed by atoms with Gasteiger partial charge in [0.25, 0.3) is 11.6 Å². The zero-order valence-corrected chi connectivity index (χ0v) is 20.0. The first kappa shape index (κ1) is 26.0. The van der Waals surface area contributed by atoms with Crippen LogP contribution in [0.15, 0.2) is 78.4 Å². The van der Waals surface area contributed by atoms with E-state index in [9.17, 15) is 20.2 Å². The van der Waals surface area contributed by atoms with Crippen molar-refractivity contribution in [3.63, 3.8) is 0 Å². The molecule has 3 aromatic carbocycles. The van der Waals surface area contributed by atoms with Gasteiger partial charge in [0, 0.05) is 18.7 Å². The summed E-state index contributed by atoms with van der Waals surface area (Å²) >= 11 is 0. The summed E-state index contributed by atoms with van der Waals surface area (Å²) in [6.07, 6.45) is 3.12. The molecule has 0 spiro atoms. The van der Waals surface area contributed by atoms with E-state index in [4.69, 9.17) is 9.47 Å². The minimum absolute atomic E-state index is 0.00305. The fourth-order valence-corrected chi connectivity index (χ4v) is 3.43. The smallest absolute Gasteiger partial charge is 0.269 e. The van der Waals surface area contributed by atoms with Gasteiger partial charge in [-0.25, -0.2) is 0 Å². The van der Waals surface area contributed by atoms with Crippen LogP contribution in [0, 0.1) is 21.4 Å². The van der Waals surface area contributed by atoms with E-state index < -0.39 is 10.8 Å². The van der Waals surface area contributed by atoms with Crippen LogP contribution in [-0.2, 0) is 17.8 Å². The highest BCUT2D eigenvalue weighted by Crippen LogP contribution is 2.30. The first-order chi connectivity index (χ1) is 17.5. The van der Waals surface area contributed by atoms with Crippen LogP contribution in [0.2, 0.25) is 0 Å². The van der Waals surface area contributed by atoms with Crippen molar-refractivity contribution >= 4 is 17.7 Å². The highest BCUT2D eigenvalue weighted by atomic mass is 16.6. The molecule has 3 rings (SSSR count). The molecule has 1 amide bonds. The zero-order chi connectivity index (χ0) is 25.8. The van der Waals surface area contributed by atoms with E-state index in [2.05, 4.69) is 5.32 Å². The molecule has 8 nitrogen and oxygen atoms in total. The maximum Gasteiger partial charge on any atom is 0.269 e. The predicted octanol–water partition coefficient (Wildman–Crippen LogP) is 5.23. The van der Waals surface area contributed by atoms with Crippen molar-refractivity contribution in [2.75, 3.05) is 13.2 Å². The molecule has 0 heterocycles.